The SMILES string of the molecule is C1=NCCC1n1cccc1. The summed E-state index contributed by atoms with van der Waals surface area (Å²) in [5.74, 6) is 0. The average molecular weight is 134 g/mol. The standard InChI is InChI=1S/C8H10N2/c1-2-6-10(5-1)8-3-4-9-7-8/h1-2,5-8H,3-4H2. The molecule has 0 saturated carbocycles. The minimum Gasteiger partial charge on any atom is -0.346 e. The quantitative estimate of drug-likeness (QED) is 0.554. The van der Waals surface area contributed by atoms with Crippen molar-refractivity contribution >= 4 is 6.21 Å². The molecule has 1 aromatic heterocycles. The first-order valence-corrected chi connectivity index (χ1v) is 3.59. The van der Waals surface area contributed by atoms with Gasteiger partial charge in [0.15, 0.2) is 0 Å². The predicted molar refractivity (Wildman–Crippen MR) is 41.4 cm³/mol. The fraction of sp³-hybridized carbons (Fsp3) is 0.375. The molecule has 0 aliphatic carbocycles. The molecule has 0 aromatic carbocycles. The summed E-state index contributed by atoms with van der Waals surface area (Å²) in [5, 5.41) is 0. The second-order valence-electron chi connectivity index (χ2n) is 2.54. The average Bonchev–Trinajstić information content (AvgIpc) is 2.59. The van der Waals surface area contributed by atoms with E-state index in [1.807, 2.05) is 18.3 Å². The van der Waals surface area contributed by atoms with Gasteiger partial charge in [-0.05, 0) is 18.6 Å². The Morgan fingerprint density at radius 1 is 1.30 bits per heavy atom. The van der Waals surface area contributed by atoms with Gasteiger partial charge in [-0.1, -0.05) is 0 Å². The predicted octanol–water partition coefficient (Wildman–Crippen LogP) is 1.50. The molecule has 1 aliphatic heterocycles. The van der Waals surface area contributed by atoms with E-state index in [0.717, 1.165) is 13.0 Å². The highest BCUT2D eigenvalue weighted by Gasteiger charge is 2.09. The van der Waals surface area contributed by atoms with Gasteiger partial charge in [-0.25, -0.2) is 0 Å². The summed E-state index contributed by atoms with van der Waals surface area (Å²) in [6, 6.07) is 4.62. The van der Waals surface area contributed by atoms with Gasteiger partial charge in [0.2, 0.25) is 0 Å². The van der Waals surface area contributed by atoms with E-state index in [4.69, 9.17) is 0 Å². The third kappa shape index (κ3) is 0.856. The molecule has 2 rings (SSSR count). The molecule has 1 aromatic rings. The first-order valence-electron chi connectivity index (χ1n) is 3.59. The lowest BCUT2D eigenvalue weighted by Gasteiger charge is -2.06. The van der Waals surface area contributed by atoms with Crippen molar-refractivity contribution in [3.63, 3.8) is 0 Å². The molecule has 0 saturated heterocycles. The number of hydrogen-bond donors (Lipinski definition) is 0. The van der Waals surface area contributed by atoms with Gasteiger partial charge in [-0.2, -0.15) is 0 Å². The van der Waals surface area contributed by atoms with Gasteiger partial charge in [-0.3, -0.25) is 4.99 Å². The van der Waals surface area contributed by atoms with E-state index < -0.39 is 0 Å². The molecule has 1 atom stereocenters. The zero-order valence-corrected chi connectivity index (χ0v) is 5.77. The van der Waals surface area contributed by atoms with Crippen molar-refractivity contribution in [2.45, 2.75) is 12.5 Å². The highest BCUT2D eigenvalue weighted by molar-refractivity contribution is 5.64. The van der Waals surface area contributed by atoms with Crippen LogP contribution in [-0.4, -0.2) is 17.3 Å². The third-order valence-electron chi connectivity index (χ3n) is 1.84. The molecule has 0 radical (unpaired) electrons. The van der Waals surface area contributed by atoms with Crippen molar-refractivity contribution < 1.29 is 0 Å². The van der Waals surface area contributed by atoms with Gasteiger partial charge in [0.1, 0.15) is 0 Å². The van der Waals surface area contributed by atoms with Crippen LogP contribution in [0.2, 0.25) is 0 Å². The summed E-state index contributed by atoms with van der Waals surface area (Å²) < 4.78 is 2.19. The van der Waals surface area contributed by atoms with Crippen molar-refractivity contribution in [3.8, 4) is 0 Å². The molecule has 2 heterocycles. The Kier molecular flexibility index (Phi) is 1.31. The van der Waals surface area contributed by atoms with E-state index in [0.29, 0.717) is 6.04 Å². The molecule has 0 bridgehead atoms. The summed E-state index contributed by atoms with van der Waals surface area (Å²) in [6.45, 7) is 0.989. The fourth-order valence-corrected chi connectivity index (χ4v) is 1.27. The summed E-state index contributed by atoms with van der Waals surface area (Å²) in [7, 11) is 0. The Bertz CT molecular complexity index is 223. The first kappa shape index (κ1) is 5.71. The minimum absolute atomic E-state index is 0.523. The Morgan fingerprint density at radius 2 is 2.10 bits per heavy atom. The van der Waals surface area contributed by atoms with E-state index in [2.05, 4.69) is 22.0 Å². The molecular formula is C8H10N2. The van der Waals surface area contributed by atoms with Gasteiger partial charge in [0.25, 0.3) is 0 Å². The molecule has 0 N–H and O–H groups in total. The normalized spacial score (nSPS) is 23.8. The maximum absolute atomic E-state index is 4.17. The molecular weight excluding hydrogens is 124 g/mol. The second-order valence-corrected chi connectivity index (χ2v) is 2.54. The maximum atomic E-state index is 4.17. The molecule has 0 amide bonds. The monoisotopic (exact) mass is 134 g/mol. The van der Waals surface area contributed by atoms with Crippen molar-refractivity contribution in [2.24, 2.45) is 4.99 Å². The van der Waals surface area contributed by atoms with Crippen molar-refractivity contribution in [2.75, 3.05) is 6.54 Å². The number of rotatable bonds is 1. The smallest absolute Gasteiger partial charge is 0.0695 e. The Balaban J connectivity index is 2.20. The minimum atomic E-state index is 0.523. The van der Waals surface area contributed by atoms with Crippen LogP contribution >= 0.6 is 0 Å². The van der Waals surface area contributed by atoms with Crippen LogP contribution in [0.25, 0.3) is 0 Å². The van der Waals surface area contributed by atoms with Crippen LogP contribution in [0, 0.1) is 0 Å². The van der Waals surface area contributed by atoms with Gasteiger partial charge < -0.3 is 4.57 Å². The van der Waals surface area contributed by atoms with Crippen LogP contribution in [-0.2, 0) is 0 Å². The van der Waals surface area contributed by atoms with Crippen LogP contribution in [0.4, 0.5) is 0 Å². The van der Waals surface area contributed by atoms with Crippen LogP contribution in [0.1, 0.15) is 12.5 Å². The second kappa shape index (κ2) is 2.29. The van der Waals surface area contributed by atoms with Gasteiger partial charge >= 0.3 is 0 Å². The Labute approximate surface area is 60.2 Å². The number of hydrogen-bond acceptors (Lipinski definition) is 1. The largest absolute Gasteiger partial charge is 0.346 e. The van der Waals surface area contributed by atoms with Crippen LogP contribution in [0.3, 0.4) is 0 Å². The zero-order chi connectivity index (χ0) is 6.81. The molecule has 1 aliphatic rings. The molecule has 10 heavy (non-hydrogen) atoms. The lowest BCUT2D eigenvalue weighted by atomic mass is 10.3. The number of nitrogens with zero attached hydrogens (tertiary/aromatic N) is 2. The Morgan fingerprint density at radius 3 is 2.70 bits per heavy atom. The van der Waals surface area contributed by atoms with E-state index in [1.165, 1.54) is 0 Å². The summed E-state index contributed by atoms with van der Waals surface area (Å²) in [5.41, 5.74) is 0. The zero-order valence-electron chi connectivity index (χ0n) is 5.77. The molecule has 2 nitrogen and oxygen atoms in total. The topological polar surface area (TPSA) is 17.3 Å². The molecule has 2 heteroatoms. The molecule has 0 fully saturated rings. The number of aliphatic imine (C=N–C) groups is 1. The van der Waals surface area contributed by atoms with E-state index in [-0.39, 0.29) is 0 Å². The van der Waals surface area contributed by atoms with Gasteiger partial charge in [0, 0.05) is 25.2 Å². The lowest BCUT2D eigenvalue weighted by molar-refractivity contribution is 0.639. The van der Waals surface area contributed by atoms with E-state index >= 15 is 0 Å². The highest BCUT2D eigenvalue weighted by atomic mass is 15.0. The summed E-state index contributed by atoms with van der Waals surface area (Å²) in [4.78, 5) is 4.17. The van der Waals surface area contributed by atoms with E-state index in [1.54, 1.807) is 0 Å². The lowest BCUT2D eigenvalue weighted by Crippen LogP contribution is -2.03. The van der Waals surface area contributed by atoms with Gasteiger partial charge in [0.05, 0.1) is 6.04 Å². The Hall–Kier alpha value is -1.05. The van der Waals surface area contributed by atoms with E-state index in [9.17, 15) is 0 Å². The summed E-state index contributed by atoms with van der Waals surface area (Å²) in [6.07, 6.45) is 7.36. The molecule has 1 unspecified atom stereocenters. The summed E-state index contributed by atoms with van der Waals surface area (Å²) >= 11 is 0. The number of aromatic nitrogens is 1. The fourth-order valence-electron chi connectivity index (χ4n) is 1.27. The van der Waals surface area contributed by atoms with Crippen molar-refractivity contribution in [3.05, 3.63) is 24.5 Å². The highest BCUT2D eigenvalue weighted by Crippen LogP contribution is 2.13. The first-order chi connectivity index (χ1) is 4.97. The van der Waals surface area contributed by atoms with Crippen molar-refractivity contribution in [1.29, 1.82) is 0 Å². The van der Waals surface area contributed by atoms with Crippen LogP contribution < -0.4 is 0 Å². The molecule has 0 spiro atoms. The van der Waals surface area contributed by atoms with Gasteiger partial charge in [-0.15, -0.1) is 0 Å². The molecule has 52 valence electrons. The van der Waals surface area contributed by atoms with Crippen LogP contribution in [0.5, 0.6) is 0 Å². The maximum Gasteiger partial charge on any atom is 0.0695 e. The van der Waals surface area contributed by atoms with Crippen LogP contribution in [0.15, 0.2) is 29.5 Å². The third-order valence-corrected chi connectivity index (χ3v) is 1.84. The van der Waals surface area contributed by atoms with Crippen molar-refractivity contribution in [1.82, 2.24) is 4.57 Å².